The molecule has 0 aromatic carbocycles. The Labute approximate surface area is 113 Å². The van der Waals surface area contributed by atoms with Crippen molar-refractivity contribution in [3.05, 3.63) is 29.6 Å². The first-order valence-electron chi connectivity index (χ1n) is 7.00. The Balaban J connectivity index is 0.000000861. The van der Waals surface area contributed by atoms with Gasteiger partial charge in [0.25, 0.3) is 0 Å². The highest BCUT2D eigenvalue weighted by Crippen LogP contribution is 2.40. The van der Waals surface area contributed by atoms with Gasteiger partial charge in [-0.1, -0.05) is 33.6 Å². The van der Waals surface area contributed by atoms with Crippen molar-refractivity contribution in [1.29, 1.82) is 0 Å². The van der Waals surface area contributed by atoms with E-state index in [4.69, 9.17) is 0 Å². The van der Waals surface area contributed by atoms with Gasteiger partial charge in [0.2, 0.25) is 0 Å². The molecule has 0 amide bonds. The molecule has 0 aliphatic heterocycles. The summed E-state index contributed by atoms with van der Waals surface area (Å²) in [5.74, 6) is 0.605. The van der Waals surface area contributed by atoms with Crippen molar-refractivity contribution in [2.75, 3.05) is 0 Å². The first-order chi connectivity index (χ1) is 8.98. The highest BCUT2D eigenvalue weighted by molar-refractivity contribution is 5.26. The number of nitrogens with zero attached hydrogens (tertiary/aromatic N) is 1. The van der Waals surface area contributed by atoms with Crippen LogP contribution in [0.5, 0.6) is 0 Å². The summed E-state index contributed by atoms with van der Waals surface area (Å²) in [4.78, 5) is 3.97. The van der Waals surface area contributed by atoms with Gasteiger partial charge < -0.3 is 0 Å². The third-order valence-electron chi connectivity index (χ3n) is 3.55. The molecule has 1 heterocycles. The molecule has 0 radical (unpaired) electrons. The van der Waals surface area contributed by atoms with Crippen LogP contribution in [0.25, 0.3) is 0 Å². The van der Waals surface area contributed by atoms with Crippen molar-refractivity contribution in [2.45, 2.75) is 58.5 Å². The Kier molecular flexibility index (Phi) is 5.83. The molecule has 1 fully saturated rings. The molecule has 1 aliphatic rings. The van der Waals surface area contributed by atoms with Gasteiger partial charge in [-0.25, -0.2) is 0 Å². The van der Waals surface area contributed by atoms with Gasteiger partial charge >= 0.3 is 6.18 Å². The maximum Gasteiger partial charge on any atom is 0.418 e. The Morgan fingerprint density at radius 2 is 1.68 bits per heavy atom. The minimum Gasteiger partial charge on any atom is -0.260 e. The van der Waals surface area contributed by atoms with Crippen LogP contribution in [0.15, 0.2) is 18.3 Å². The van der Waals surface area contributed by atoms with Crippen molar-refractivity contribution in [2.24, 2.45) is 5.92 Å². The van der Waals surface area contributed by atoms with Gasteiger partial charge in [0.15, 0.2) is 0 Å². The fraction of sp³-hybridized carbons (Fsp3) is 0.667. The summed E-state index contributed by atoms with van der Waals surface area (Å²) in [7, 11) is 0. The van der Waals surface area contributed by atoms with Gasteiger partial charge in [0.05, 0.1) is 11.3 Å². The molecule has 1 aromatic rings. The van der Waals surface area contributed by atoms with E-state index in [1.54, 1.807) is 0 Å². The minimum absolute atomic E-state index is 0.0241. The highest BCUT2D eigenvalue weighted by Gasteiger charge is 2.36. The molecule has 0 spiro atoms. The van der Waals surface area contributed by atoms with Gasteiger partial charge in [-0.3, -0.25) is 4.98 Å². The second-order valence-electron chi connectivity index (χ2n) is 4.89. The summed E-state index contributed by atoms with van der Waals surface area (Å²) in [6.45, 7) is 6.15. The quantitative estimate of drug-likeness (QED) is 0.665. The standard InChI is InChI=1S/C13H16F3N.C2H6/c1-9-4-6-10(7-5-9)12-11(13(14,15)16)3-2-8-17-12;1-2/h2-3,8-10H,4-7H2,1H3;1-2H3. The summed E-state index contributed by atoms with van der Waals surface area (Å²) >= 11 is 0. The molecular weight excluding hydrogens is 251 g/mol. The Hall–Kier alpha value is -1.06. The lowest BCUT2D eigenvalue weighted by atomic mass is 9.80. The van der Waals surface area contributed by atoms with E-state index in [9.17, 15) is 13.2 Å². The van der Waals surface area contributed by atoms with Crippen molar-refractivity contribution >= 4 is 0 Å². The zero-order chi connectivity index (χ0) is 14.5. The Morgan fingerprint density at radius 3 is 2.21 bits per heavy atom. The van der Waals surface area contributed by atoms with Crippen molar-refractivity contribution < 1.29 is 13.2 Å². The van der Waals surface area contributed by atoms with E-state index in [0.29, 0.717) is 5.92 Å². The van der Waals surface area contributed by atoms with Gasteiger partial charge in [0.1, 0.15) is 0 Å². The number of aromatic nitrogens is 1. The molecular formula is C15H22F3N. The van der Waals surface area contributed by atoms with E-state index in [-0.39, 0.29) is 11.6 Å². The third-order valence-corrected chi connectivity index (χ3v) is 3.55. The van der Waals surface area contributed by atoms with Crippen LogP contribution in [-0.2, 0) is 6.18 Å². The van der Waals surface area contributed by atoms with Gasteiger partial charge in [0, 0.05) is 12.1 Å². The average Bonchev–Trinajstić information content (AvgIpc) is 2.41. The Morgan fingerprint density at radius 1 is 1.11 bits per heavy atom. The van der Waals surface area contributed by atoms with Crippen LogP contribution in [0.4, 0.5) is 13.2 Å². The molecule has 1 aromatic heterocycles. The second-order valence-corrected chi connectivity index (χ2v) is 4.89. The molecule has 0 atom stereocenters. The maximum atomic E-state index is 12.8. The average molecular weight is 273 g/mol. The van der Waals surface area contributed by atoms with Gasteiger partial charge in [-0.15, -0.1) is 0 Å². The van der Waals surface area contributed by atoms with E-state index in [1.165, 1.54) is 12.3 Å². The number of hydrogen-bond acceptors (Lipinski definition) is 1. The molecule has 1 saturated carbocycles. The number of pyridine rings is 1. The van der Waals surface area contributed by atoms with Crippen LogP contribution in [0.2, 0.25) is 0 Å². The van der Waals surface area contributed by atoms with Crippen LogP contribution in [0.1, 0.15) is 63.6 Å². The normalized spacial score (nSPS) is 23.5. The van der Waals surface area contributed by atoms with Crippen LogP contribution >= 0.6 is 0 Å². The molecule has 0 N–H and O–H groups in total. The topological polar surface area (TPSA) is 12.9 Å². The largest absolute Gasteiger partial charge is 0.418 e. The zero-order valence-electron chi connectivity index (χ0n) is 11.8. The molecule has 1 nitrogen and oxygen atoms in total. The zero-order valence-corrected chi connectivity index (χ0v) is 11.8. The number of rotatable bonds is 1. The fourth-order valence-electron chi connectivity index (χ4n) is 2.52. The van der Waals surface area contributed by atoms with Crippen LogP contribution in [-0.4, -0.2) is 4.98 Å². The van der Waals surface area contributed by atoms with Crippen molar-refractivity contribution in [3.63, 3.8) is 0 Å². The number of alkyl halides is 3. The first kappa shape index (κ1) is 16.0. The summed E-state index contributed by atoms with van der Waals surface area (Å²) in [5, 5.41) is 0. The molecule has 0 unspecified atom stereocenters. The van der Waals surface area contributed by atoms with Crippen LogP contribution < -0.4 is 0 Å². The van der Waals surface area contributed by atoms with E-state index in [2.05, 4.69) is 11.9 Å². The molecule has 4 heteroatoms. The highest BCUT2D eigenvalue weighted by atomic mass is 19.4. The summed E-state index contributed by atoms with van der Waals surface area (Å²) < 4.78 is 38.5. The fourth-order valence-corrected chi connectivity index (χ4v) is 2.52. The van der Waals surface area contributed by atoms with Crippen LogP contribution in [0, 0.1) is 5.92 Å². The molecule has 0 saturated heterocycles. The lowest BCUT2D eigenvalue weighted by molar-refractivity contribution is -0.138. The third kappa shape index (κ3) is 4.22. The molecule has 2 rings (SSSR count). The number of hydrogen-bond donors (Lipinski definition) is 0. The molecule has 0 bridgehead atoms. The van der Waals surface area contributed by atoms with Crippen molar-refractivity contribution in [3.8, 4) is 0 Å². The van der Waals surface area contributed by atoms with Crippen molar-refractivity contribution in [1.82, 2.24) is 4.98 Å². The van der Waals surface area contributed by atoms with E-state index in [1.807, 2.05) is 13.8 Å². The van der Waals surface area contributed by atoms with Crippen LogP contribution in [0.3, 0.4) is 0 Å². The Bertz CT molecular complexity index is 379. The molecule has 1 aliphatic carbocycles. The predicted molar refractivity (Wildman–Crippen MR) is 71.0 cm³/mol. The second kappa shape index (κ2) is 6.92. The summed E-state index contributed by atoms with van der Waals surface area (Å²) in [5.41, 5.74) is -0.313. The smallest absolute Gasteiger partial charge is 0.260 e. The van der Waals surface area contributed by atoms with Gasteiger partial charge in [-0.05, 0) is 30.9 Å². The molecule has 108 valence electrons. The maximum absolute atomic E-state index is 12.8. The monoisotopic (exact) mass is 273 g/mol. The van der Waals surface area contributed by atoms with Gasteiger partial charge in [-0.2, -0.15) is 13.2 Å². The van der Waals surface area contributed by atoms with E-state index in [0.717, 1.165) is 31.7 Å². The molecule has 19 heavy (non-hydrogen) atoms. The number of halogens is 3. The van der Waals surface area contributed by atoms with E-state index >= 15 is 0 Å². The lowest BCUT2D eigenvalue weighted by Gasteiger charge is -2.27. The van der Waals surface area contributed by atoms with E-state index < -0.39 is 11.7 Å². The summed E-state index contributed by atoms with van der Waals surface area (Å²) in [6.07, 6.45) is 0.814. The SMILES string of the molecule is CC.CC1CCC(c2ncccc2C(F)(F)F)CC1. The first-order valence-corrected chi connectivity index (χ1v) is 7.00. The lowest BCUT2D eigenvalue weighted by Crippen LogP contribution is -2.17. The predicted octanol–water partition coefficient (Wildman–Crippen LogP) is 5.42. The minimum atomic E-state index is -4.29. The summed E-state index contributed by atoms with van der Waals surface area (Å²) in [6, 6.07) is 2.50.